The van der Waals surface area contributed by atoms with Crippen LogP contribution in [0, 0.1) is 5.41 Å². The van der Waals surface area contributed by atoms with Gasteiger partial charge in [-0.25, -0.2) is 0 Å². The highest BCUT2D eigenvalue weighted by atomic mass is 16.3. The number of anilines is 1. The SMILES string of the molecule is CC(C)(C)C(O)c1cccc2c1N=C(Cn1cccc(N)c1=O)C2. The van der Waals surface area contributed by atoms with Gasteiger partial charge in [-0.15, -0.1) is 0 Å². The summed E-state index contributed by atoms with van der Waals surface area (Å²) in [6.07, 6.45) is 1.81. The van der Waals surface area contributed by atoms with Crippen LogP contribution in [0.15, 0.2) is 46.3 Å². The lowest BCUT2D eigenvalue weighted by Crippen LogP contribution is -2.25. The second-order valence-corrected chi connectivity index (χ2v) is 7.37. The summed E-state index contributed by atoms with van der Waals surface area (Å²) in [6.45, 7) is 6.42. The predicted molar refractivity (Wildman–Crippen MR) is 96.8 cm³/mol. The number of rotatable bonds is 3. The number of pyridine rings is 1. The number of aliphatic hydroxyl groups is 1. The molecule has 5 heteroatoms. The van der Waals surface area contributed by atoms with Gasteiger partial charge < -0.3 is 15.4 Å². The Morgan fingerprint density at radius 1 is 1.29 bits per heavy atom. The molecule has 5 nitrogen and oxygen atoms in total. The number of benzene rings is 1. The minimum atomic E-state index is -0.592. The van der Waals surface area contributed by atoms with Crippen molar-refractivity contribution in [3.05, 3.63) is 58.0 Å². The molecule has 0 bridgehead atoms. The quantitative estimate of drug-likeness (QED) is 0.910. The van der Waals surface area contributed by atoms with Gasteiger partial charge in [0, 0.05) is 23.9 Å². The summed E-state index contributed by atoms with van der Waals surface area (Å²) in [5.41, 5.74) is 9.11. The van der Waals surface area contributed by atoms with Crippen LogP contribution in [0.1, 0.15) is 38.0 Å². The van der Waals surface area contributed by atoms with E-state index in [1.54, 1.807) is 22.9 Å². The number of aliphatic hydroxyl groups excluding tert-OH is 1. The number of nitrogens with zero attached hydrogens (tertiary/aromatic N) is 2. The average Bonchev–Trinajstić information content (AvgIpc) is 2.92. The fourth-order valence-corrected chi connectivity index (χ4v) is 2.96. The Hall–Kier alpha value is -2.40. The maximum absolute atomic E-state index is 12.1. The van der Waals surface area contributed by atoms with E-state index in [9.17, 15) is 9.90 Å². The Kier molecular flexibility index (Phi) is 4.05. The van der Waals surface area contributed by atoms with Crippen LogP contribution in [-0.2, 0) is 13.0 Å². The first-order valence-electron chi connectivity index (χ1n) is 8.08. The van der Waals surface area contributed by atoms with E-state index in [4.69, 9.17) is 10.7 Å². The third-order valence-corrected chi connectivity index (χ3v) is 4.33. The van der Waals surface area contributed by atoms with Crippen LogP contribution in [-0.4, -0.2) is 15.4 Å². The van der Waals surface area contributed by atoms with Crippen molar-refractivity contribution in [1.82, 2.24) is 4.57 Å². The lowest BCUT2D eigenvalue weighted by molar-refractivity contribution is 0.0631. The number of para-hydroxylation sites is 1. The van der Waals surface area contributed by atoms with Gasteiger partial charge in [0.15, 0.2) is 0 Å². The Morgan fingerprint density at radius 2 is 2.04 bits per heavy atom. The third-order valence-electron chi connectivity index (χ3n) is 4.33. The van der Waals surface area contributed by atoms with Crippen molar-refractivity contribution in [2.24, 2.45) is 10.4 Å². The molecule has 0 fully saturated rings. The minimum Gasteiger partial charge on any atom is -0.394 e. The molecular formula is C19H23N3O2. The number of aliphatic imine (C=N–C) groups is 1. The van der Waals surface area contributed by atoms with Crippen molar-refractivity contribution in [2.45, 2.75) is 39.8 Å². The van der Waals surface area contributed by atoms with Crippen molar-refractivity contribution in [3.63, 3.8) is 0 Å². The summed E-state index contributed by atoms with van der Waals surface area (Å²) >= 11 is 0. The predicted octanol–water partition coefficient (Wildman–Crippen LogP) is 2.84. The van der Waals surface area contributed by atoms with E-state index < -0.39 is 6.10 Å². The molecule has 24 heavy (non-hydrogen) atoms. The Balaban J connectivity index is 1.94. The third kappa shape index (κ3) is 2.99. The van der Waals surface area contributed by atoms with E-state index in [1.807, 2.05) is 39.0 Å². The molecular weight excluding hydrogens is 302 g/mol. The van der Waals surface area contributed by atoms with E-state index in [-0.39, 0.29) is 16.7 Å². The zero-order valence-corrected chi connectivity index (χ0v) is 14.3. The van der Waals surface area contributed by atoms with Gasteiger partial charge in [0.05, 0.1) is 24.0 Å². The first-order chi connectivity index (χ1) is 11.3. The normalized spacial score (nSPS) is 15.1. The first-order valence-corrected chi connectivity index (χ1v) is 8.08. The number of aromatic nitrogens is 1. The van der Waals surface area contributed by atoms with Crippen LogP contribution >= 0.6 is 0 Å². The second kappa shape index (κ2) is 5.91. The summed E-state index contributed by atoms with van der Waals surface area (Å²) in [5.74, 6) is 0. The molecule has 3 rings (SSSR count). The maximum Gasteiger partial charge on any atom is 0.274 e. The average molecular weight is 325 g/mol. The highest BCUT2D eigenvalue weighted by Crippen LogP contribution is 2.41. The van der Waals surface area contributed by atoms with Crippen molar-refractivity contribution >= 4 is 17.1 Å². The zero-order valence-electron chi connectivity index (χ0n) is 14.3. The smallest absolute Gasteiger partial charge is 0.274 e. The van der Waals surface area contributed by atoms with Crippen molar-refractivity contribution in [3.8, 4) is 0 Å². The van der Waals surface area contributed by atoms with Crippen LogP contribution in [0.5, 0.6) is 0 Å². The van der Waals surface area contributed by atoms with E-state index in [2.05, 4.69) is 0 Å². The summed E-state index contributed by atoms with van der Waals surface area (Å²) in [5, 5.41) is 10.6. The summed E-state index contributed by atoms with van der Waals surface area (Å²) < 4.78 is 1.57. The number of hydrogen-bond acceptors (Lipinski definition) is 4. The highest BCUT2D eigenvalue weighted by molar-refractivity contribution is 5.94. The molecule has 2 heterocycles. The van der Waals surface area contributed by atoms with Crippen LogP contribution in [0.25, 0.3) is 0 Å². The lowest BCUT2D eigenvalue weighted by Gasteiger charge is -2.27. The van der Waals surface area contributed by atoms with Crippen LogP contribution in [0.3, 0.4) is 0 Å². The summed E-state index contributed by atoms with van der Waals surface area (Å²) in [6, 6.07) is 9.25. The molecule has 0 saturated heterocycles. The van der Waals surface area contributed by atoms with E-state index in [1.165, 1.54) is 0 Å². The zero-order chi connectivity index (χ0) is 17.5. The molecule has 1 aliphatic heterocycles. The van der Waals surface area contributed by atoms with Gasteiger partial charge in [-0.3, -0.25) is 9.79 Å². The number of fused-ring (bicyclic) bond motifs is 1. The van der Waals surface area contributed by atoms with E-state index >= 15 is 0 Å². The van der Waals surface area contributed by atoms with Crippen LogP contribution in [0.4, 0.5) is 11.4 Å². The Morgan fingerprint density at radius 3 is 2.75 bits per heavy atom. The van der Waals surface area contributed by atoms with Crippen molar-refractivity contribution < 1.29 is 5.11 Å². The minimum absolute atomic E-state index is 0.203. The van der Waals surface area contributed by atoms with Gasteiger partial charge in [-0.2, -0.15) is 0 Å². The molecule has 0 amide bonds. The van der Waals surface area contributed by atoms with Gasteiger partial charge in [-0.05, 0) is 23.1 Å². The number of nitrogens with two attached hydrogens (primary N) is 1. The first kappa shape index (κ1) is 16.5. The molecule has 1 aromatic carbocycles. The highest BCUT2D eigenvalue weighted by Gasteiger charge is 2.28. The van der Waals surface area contributed by atoms with Gasteiger partial charge in [0.1, 0.15) is 0 Å². The molecule has 2 aromatic rings. The standard InChI is InChI=1S/C19H23N3O2/c1-19(2,3)17(23)14-7-4-6-12-10-13(21-16(12)14)11-22-9-5-8-15(20)18(22)24/h4-9,17,23H,10-11,20H2,1-3H3. The van der Waals surface area contributed by atoms with Crippen LogP contribution in [0.2, 0.25) is 0 Å². The van der Waals surface area contributed by atoms with Gasteiger partial charge in [0.2, 0.25) is 0 Å². The van der Waals surface area contributed by atoms with Gasteiger partial charge >= 0.3 is 0 Å². The molecule has 0 saturated carbocycles. The lowest BCUT2D eigenvalue weighted by atomic mass is 9.83. The fourth-order valence-electron chi connectivity index (χ4n) is 2.96. The molecule has 0 radical (unpaired) electrons. The fraction of sp³-hybridized carbons (Fsp3) is 0.368. The number of nitrogen functional groups attached to an aromatic ring is 1. The van der Waals surface area contributed by atoms with Crippen LogP contribution < -0.4 is 11.3 Å². The molecule has 1 aromatic heterocycles. The Labute approximate surface area is 141 Å². The monoisotopic (exact) mass is 325 g/mol. The van der Waals surface area contributed by atoms with E-state index in [0.29, 0.717) is 13.0 Å². The Bertz CT molecular complexity index is 860. The topological polar surface area (TPSA) is 80.6 Å². The van der Waals surface area contributed by atoms with E-state index in [0.717, 1.165) is 22.5 Å². The molecule has 0 aliphatic carbocycles. The summed E-state index contributed by atoms with van der Waals surface area (Å²) in [4.78, 5) is 16.8. The number of hydrogen-bond donors (Lipinski definition) is 2. The largest absolute Gasteiger partial charge is 0.394 e. The maximum atomic E-state index is 12.1. The van der Waals surface area contributed by atoms with Gasteiger partial charge in [-0.1, -0.05) is 39.0 Å². The van der Waals surface area contributed by atoms with Crippen molar-refractivity contribution in [2.75, 3.05) is 5.73 Å². The molecule has 1 atom stereocenters. The molecule has 1 aliphatic rings. The summed E-state index contributed by atoms with van der Waals surface area (Å²) in [7, 11) is 0. The van der Waals surface area contributed by atoms with Crippen molar-refractivity contribution in [1.29, 1.82) is 0 Å². The molecule has 126 valence electrons. The molecule has 3 N–H and O–H groups in total. The molecule has 1 unspecified atom stereocenters. The second-order valence-electron chi connectivity index (χ2n) is 7.37. The molecule has 0 spiro atoms. The van der Waals surface area contributed by atoms with Gasteiger partial charge in [0.25, 0.3) is 5.56 Å².